The van der Waals surface area contributed by atoms with Crippen LogP contribution in [0, 0.1) is 13.8 Å². The molecule has 1 aromatic heterocycles. The van der Waals surface area contributed by atoms with E-state index in [1.54, 1.807) is 38.1 Å². The molecule has 1 aliphatic rings. The lowest BCUT2D eigenvalue weighted by atomic mass is 10.1. The Balaban J connectivity index is 1.54. The second-order valence-corrected chi connectivity index (χ2v) is 5.62. The number of aryl methyl sites for hydroxylation is 2. The molecule has 2 amide bonds. The number of carbonyl (C=O) groups is 2. The van der Waals surface area contributed by atoms with E-state index in [-0.39, 0.29) is 13.3 Å². The Labute approximate surface area is 143 Å². The van der Waals surface area contributed by atoms with Crippen molar-refractivity contribution in [3.05, 3.63) is 41.3 Å². The maximum atomic E-state index is 11.9. The second kappa shape index (κ2) is 6.86. The normalized spacial score (nSPS) is 13.4. The van der Waals surface area contributed by atoms with Gasteiger partial charge in [0.15, 0.2) is 11.5 Å². The minimum atomic E-state index is -0.959. The predicted octanol–water partition coefficient (Wildman–Crippen LogP) is 1.41. The molecule has 2 aromatic rings. The number of benzene rings is 1. The first-order chi connectivity index (χ1) is 11.9. The monoisotopic (exact) mass is 346 g/mol. The summed E-state index contributed by atoms with van der Waals surface area (Å²) in [6.07, 6.45) is -0.959. The van der Waals surface area contributed by atoms with Crippen LogP contribution in [0.1, 0.15) is 23.2 Å². The molecule has 0 saturated heterocycles. The van der Waals surface area contributed by atoms with Gasteiger partial charge in [-0.2, -0.15) is 0 Å². The summed E-state index contributed by atoms with van der Waals surface area (Å²) in [4.78, 5) is 23.8. The maximum Gasteiger partial charge on any atom is 0.313 e. The molecular weight excluding hydrogens is 328 g/mol. The molecule has 0 spiro atoms. The number of nitrogens with one attached hydrogen (secondary N) is 2. The molecule has 1 aromatic carbocycles. The third-order valence-corrected chi connectivity index (χ3v) is 3.73. The lowest BCUT2D eigenvalue weighted by Gasteiger charge is -2.11. The van der Waals surface area contributed by atoms with Crippen LogP contribution in [0.2, 0.25) is 0 Å². The topological polar surface area (TPSA) is 110 Å². The summed E-state index contributed by atoms with van der Waals surface area (Å²) in [7, 11) is 0. The SMILES string of the molecule is Cc1cc(C(O)CNC(=O)C(=O)Nc2ccc3c(c2)OCO3)c(C)o1. The van der Waals surface area contributed by atoms with Crippen molar-refractivity contribution < 1.29 is 28.6 Å². The van der Waals surface area contributed by atoms with Crippen molar-refractivity contribution in [2.45, 2.75) is 20.0 Å². The average molecular weight is 346 g/mol. The Kier molecular flexibility index (Phi) is 4.62. The quantitative estimate of drug-likeness (QED) is 0.722. The number of aliphatic hydroxyl groups excluding tert-OH is 1. The van der Waals surface area contributed by atoms with E-state index in [9.17, 15) is 14.7 Å². The molecule has 0 bridgehead atoms. The van der Waals surface area contributed by atoms with E-state index in [0.717, 1.165) is 0 Å². The number of ether oxygens (including phenoxy) is 2. The number of amides is 2. The van der Waals surface area contributed by atoms with E-state index in [0.29, 0.717) is 34.3 Å². The molecule has 8 nitrogen and oxygen atoms in total. The first kappa shape index (κ1) is 16.8. The van der Waals surface area contributed by atoms with Crippen molar-refractivity contribution >= 4 is 17.5 Å². The van der Waals surface area contributed by atoms with Crippen molar-refractivity contribution in [2.75, 3.05) is 18.7 Å². The standard InChI is InChI=1S/C17H18N2O6/c1-9-5-12(10(2)25-9)13(20)7-18-16(21)17(22)19-11-3-4-14-15(6-11)24-8-23-14/h3-6,13,20H,7-8H2,1-2H3,(H,18,21)(H,19,22). The van der Waals surface area contributed by atoms with Gasteiger partial charge in [-0.1, -0.05) is 0 Å². The smallest absolute Gasteiger partial charge is 0.313 e. The van der Waals surface area contributed by atoms with Gasteiger partial charge < -0.3 is 29.6 Å². The number of carbonyl (C=O) groups excluding carboxylic acids is 2. The number of rotatable bonds is 4. The molecule has 8 heteroatoms. The molecule has 1 atom stereocenters. The molecule has 2 heterocycles. The van der Waals surface area contributed by atoms with Crippen LogP contribution >= 0.6 is 0 Å². The van der Waals surface area contributed by atoms with Crippen molar-refractivity contribution in [1.29, 1.82) is 0 Å². The summed E-state index contributed by atoms with van der Waals surface area (Å²) in [6, 6.07) is 6.51. The highest BCUT2D eigenvalue weighted by Gasteiger charge is 2.20. The Hall–Kier alpha value is -3.00. The third kappa shape index (κ3) is 3.74. The van der Waals surface area contributed by atoms with E-state index in [1.807, 2.05) is 0 Å². The highest BCUT2D eigenvalue weighted by Crippen LogP contribution is 2.34. The fourth-order valence-corrected chi connectivity index (χ4v) is 2.52. The molecule has 0 aliphatic carbocycles. The van der Waals surface area contributed by atoms with Gasteiger partial charge in [0.1, 0.15) is 11.5 Å². The van der Waals surface area contributed by atoms with E-state index in [2.05, 4.69) is 10.6 Å². The fraction of sp³-hybridized carbons (Fsp3) is 0.294. The molecule has 0 radical (unpaired) electrons. The van der Waals surface area contributed by atoms with Crippen LogP contribution in [0.15, 0.2) is 28.7 Å². The molecular formula is C17H18N2O6. The van der Waals surface area contributed by atoms with Crippen molar-refractivity contribution in [3.8, 4) is 11.5 Å². The van der Waals surface area contributed by atoms with Crippen LogP contribution in [-0.4, -0.2) is 30.3 Å². The molecule has 1 aliphatic heterocycles. The minimum Gasteiger partial charge on any atom is -0.466 e. The average Bonchev–Trinajstić information content (AvgIpc) is 3.17. The molecule has 132 valence electrons. The summed E-state index contributed by atoms with van der Waals surface area (Å²) in [5.41, 5.74) is 0.986. The van der Waals surface area contributed by atoms with Gasteiger partial charge in [0.2, 0.25) is 6.79 Å². The first-order valence-electron chi connectivity index (χ1n) is 7.68. The first-order valence-corrected chi connectivity index (χ1v) is 7.68. The second-order valence-electron chi connectivity index (χ2n) is 5.62. The van der Waals surface area contributed by atoms with Gasteiger partial charge in [-0.05, 0) is 32.0 Å². The molecule has 3 N–H and O–H groups in total. The number of aliphatic hydroxyl groups is 1. The summed E-state index contributed by atoms with van der Waals surface area (Å²) in [6.45, 7) is 3.51. The van der Waals surface area contributed by atoms with Gasteiger partial charge in [-0.15, -0.1) is 0 Å². The summed E-state index contributed by atoms with van der Waals surface area (Å²) in [5.74, 6) is 0.624. The number of hydrogen-bond donors (Lipinski definition) is 3. The zero-order valence-corrected chi connectivity index (χ0v) is 13.8. The molecule has 0 saturated carbocycles. The van der Waals surface area contributed by atoms with Crippen LogP contribution in [0.4, 0.5) is 5.69 Å². The summed E-state index contributed by atoms with van der Waals surface area (Å²) in [5, 5.41) is 15.0. The summed E-state index contributed by atoms with van der Waals surface area (Å²) < 4.78 is 15.7. The minimum absolute atomic E-state index is 0.104. The van der Waals surface area contributed by atoms with Gasteiger partial charge in [0.05, 0.1) is 6.10 Å². The van der Waals surface area contributed by atoms with E-state index >= 15 is 0 Å². The Morgan fingerprint density at radius 2 is 1.92 bits per heavy atom. The number of furan rings is 1. The molecule has 1 unspecified atom stereocenters. The van der Waals surface area contributed by atoms with Crippen LogP contribution in [0.3, 0.4) is 0 Å². The van der Waals surface area contributed by atoms with Gasteiger partial charge in [-0.25, -0.2) is 0 Å². The molecule has 25 heavy (non-hydrogen) atoms. The number of fused-ring (bicyclic) bond motifs is 1. The predicted molar refractivity (Wildman–Crippen MR) is 87.3 cm³/mol. The lowest BCUT2D eigenvalue weighted by molar-refractivity contribution is -0.136. The third-order valence-electron chi connectivity index (χ3n) is 3.73. The van der Waals surface area contributed by atoms with Crippen LogP contribution in [0.5, 0.6) is 11.5 Å². The Morgan fingerprint density at radius 3 is 2.64 bits per heavy atom. The van der Waals surface area contributed by atoms with Crippen LogP contribution < -0.4 is 20.1 Å². The van der Waals surface area contributed by atoms with Crippen molar-refractivity contribution in [3.63, 3.8) is 0 Å². The van der Waals surface area contributed by atoms with Crippen molar-refractivity contribution in [2.24, 2.45) is 0 Å². The highest BCUT2D eigenvalue weighted by molar-refractivity contribution is 6.39. The Morgan fingerprint density at radius 1 is 1.16 bits per heavy atom. The lowest BCUT2D eigenvalue weighted by Crippen LogP contribution is -2.37. The van der Waals surface area contributed by atoms with Gasteiger partial charge >= 0.3 is 11.8 Å². The van der Waals surface area contributed by atoms with Gasteiger partial charge in [-0.3, -0.25) is 9.59 Å². The zero-order valence-electron chi connectivity index (χ0n) is 13.8. The Bertz CT molecular complexity index is 813. The largest absolute Gasteiger partial charge is 0.466 e. The highest BCUT2D eigenvalue weighted by atomic mass is 16.7. The number of anilines is 1. The van der Waals surface area contributed by atoms with Gasteiger partial charge in [0.25, 0.3) is 0 Å². The van der Waals surface area contributed by atoms with E-state index in [4.69, 9.17) is 13.9 Å². The maximum absolute atomic E-state index is 11.9. The van der Waals surface area contributed by atoms with E-state index in [1.165, 1.54) is 0 Å². The zero-order chi connectivity index (χ0) is 18.0. The fourth-order valence-electron chi connectivity index (χ4n) is 2.52. The van der Waals surface area contributed by atoms with Crippen LogP contribution in [0.25, 0.3) is 0 Å². The molecule has 0 fully saturated rings. The van der Waals surface area contributed by atoms with E-state index < -0.39 is 17.9 Å². The number of hydrogen-bond acceptors (Lipinski definition) is 6. The van der Waals surface area contributed by atoms with Crippen molar-refractivity contribution in [1.82, 2.24) is 5.32 Å². The molecule has 3 rings (SSSR count). The summed E-state index contributed by atoms with van der Waals surface area (Å²) >= 11 is 0. The van der Waals surface area contributed by atoms with Gasteiger partial charge in [0, 0.05) is 23.9 Å². The van der Waals surface area contributed by atoms with Crippen LogP contribution in [-0.2, 0) is 9.59 Å².